The first-order valence-electron chi connectivity index (χ1n) is 6.43. The summed E-state index contributed by atoms with van der Waals surface area (Å²) in [5, 5.41) is 9.78. The third-order valence-corrected chi connectivity index (χ3v) is 3.77. The third kappa shape index (κ3) is 4.52. The topological polar surface area (TPSA) is 29.5 Å². The summed E-state index contributed by atoms with van der Waals surface area (Å²) in [5.74, 6) is 1.22. The minimum absolute atomic E-state index is 0.283. The Bertz CT molecular complexity index is 162. The minimum Gasteiger partial charge on any atom is -0.390 e. The quantitative estimate of drug-likeness (QED) is 0.762. The Balaban J connectivity index is 2.14. The maximum Gasteiger partial charge on any atom is 0.0799 e. The SMILES string of the molecule is CCC(C)C(O)COC1CCC(C)CC1. The molecule has 0 aromatic rings. The highest BCUT2D eigenvalue weighted by atomic mass is 16.5. The zero-order valence-electron chi connectivity index (χ0n) is 10.4. The van der Waals surface area contributed by atoms with Gasteiger partial charge in [0.05, 0.1) is 18.8 Å². The van der Waals surface area contributed by atoms with Crippen LogP contribution in [0.25, 0.3) is 0 Å². The van der Waals surface area contributed by atoms with Gasteiger partial charge in [-0.05, 0) is 37.5 Å². The lowest BCUT2D eigenvalue weighted by Crippen LogP contribution is -2.28. The van der Waals surface area contributed by atoms with E-state index in [0.717, 1.165) is 12.3 Å². The van der Waals surface area contributed by atoms with Crippen LogP contribution in [0.2, 0.25) is 0 Å². The highest BCUT2D eigenvalue weighted by molar-refractivity contribution is 4.71. The zero-order valence-corrected chi connectivity index (χ0v) is 10.4. The lowest BCUT2D eigenvalue weighted by molar-refractivity contribution is -0.0443. The van der Waals surface area contributed by atoms with E-state index < -0.39 is 0 Å². The lowest BCUT2D eigenvalue weighted by Gasteiger charge is -2.28. The van der Waals surface area contributed by atoms with E-state index in [-0.39, 0.29) is 6.10 Å². The summed E-state index contributed by atoms with van der Waals surface area (Å²) < 4.78 is 5.77. The Morgan fingerprint density at radius 1 is 1.27 bits per heavy atom. The van der Waals surface area contributed by atoms with Gasteiger partial charge in [0.25, 0.3) is 0 Å². The molecule has 0 saturated heterocycles. The van der Waals surface area contributed by atoms with Crippen molar-refractivity contribution in [1.29, 1.82) is 0 Å². The summed E-state index contributed by atoms with van der Waals surface area (Å²) in [7, 11) is 0. The van der Waals surface area contributed by atoms with Gasteiger partial charge >= 0.3 is 0 Å². The van der Waals surface area contributed by atoms with E-state index in [2.05, 4.69) is 20.8 Å². The summed E-state index contributed by atoms with van der Waals surface area (Å²) >= 11 is 0. The van der Waals surface area contributed by atoms with Crippen molar-refractivity contribution < 1.29 is 9.84 Å². The largest absolute Gasteiger partial charge is 0.390 e. The molecular formula is C13H26O2. The second kappa shape index (κ2) is 6.49. The van der Waals surface area contributed by atoms with Gasteiger partial charge in [-0.15, -0.1) is 0 Å². The van der Waals surface area contributed by atoms with Crippen LogP contribution in [0.1, 0.15) is 52.9 Å². The Morgan fingerprint density at radius 3 is 2.40 bits per heavy atom. The van der Waals surface area contributed by atoms with Crippen molar-refractivity contribution in [2.75, 3.05) is 6.61 Å². The molecule has 1 fully saturated rings. The van der Waals surface area contributed by atoms with E-state index in [1.165, 1.54) is 25.7 Å². The smallest absolute Gasteiger partial charge is 0.0799 e. The summed E-state index contributed by atoms with van der Waals surface area (Å²) in [5.41, 5.74) is 0. The second-order valence-corrected chi connectivity index (χ2v) is 5.17. The van der Waals surface area contributed by atoms with Crippen LogP contribution in [-0.4, -0.2) is 23.9 Å². The van der Waals surface area contributed by atoms with E-state index in [4.69, 9.17) is 4.74 Å². The molecule has 1 rings (SSSR count). The fraction of sp³-hybridized carbons (Fsp3) is 1.00. The van der Waals surface area contributed by atoms with Crippen LogP contribution < -0.4 is 0 Å². The number of aliphatic hydroxyl groups is 1. The van der Waals surface area contributed by atoms with Gasteiger partial charge in [0.15, 0.2) is 0 Å². The van der Waals surface area contributed by atoms with Gasteiger partial charge in [-0.25, -0.2) is 0 Å². The van der Waals surface area contributed by atoms with Crippen LogP contribution in [-0.2, 0) is 4.74 Å². The molecule has 2 heteroatoms. The fourth-order valence-corrected chi connectivity index (χ4v) is 2.07. The molecule has 1 N–H and O–H groups in total. The molecule has 2 atom stereocenters. The number of ether oxygens (including phenoxy) is 1. The molecule has 0 radical (unpaired) electrons. The number of hydrogen-bond donors (Lipinski definition) is 1. The molecule has 15 heavy (non-hydrogen) atoms. The molecule has 2 unspecified atom stereocenters. The van der Waals surface area contributed by atoms with Crippen LogP contribution in [0.4, 0.5) is 0 Å². The summed E-state index contributed by atoms with van der Waals surface area (Å²) in [6, 6.07) is 0. The number of hydrogen-bond acceptors (Lipinski definition) is 2. The second-order valence-electron chi connectivity index (χ2n) is 5.17. The van der Waals surface area contributed by atoms with E-state index in [0.29, 0.717) is 18.6 Å². The molecule has 0 amide bonds. The summed E-state index contributed by atoms with van der Waals surface area (Å²) in [6.07, 6.45) is 6.05. The Morgan fingerprint density at radius 2 is 1.87 bits per heavy atom. The van der Waals surface area contributed by atoms with E-state index >= 15 is 0 Å². The summed E-state index contributed by atoms with van der Waals surface area (Å²) in [6.45, 7) is 7.02. The van der Waals surface area contributed by atoms with Gasteiger partial charge in [-0.1, -0.05) is 27.2 Å². The molecule has 0 bridgehead atoms. The van der Waals surface area contributed by atoms with Crippen molar-refractivity contribution in [2.24, 2.45) is 11.8 Å². The van der Waals surface area contributed by atoms with E-state index in [9.17, 15) is 5.11 Å². The van der Waals surface area contributed by atoms with Gasteiger partial charge in [-0.3, -0.25) is 0 Å². The molecule has 1 aliphatic rings. The van der Waals surface area contributed by atoms with Gasteiger partial charge < -0.3 is 9.84 Å². The third-order valence-electron chi connectivity index (χ3n) is 3.77. The van der Waals surface area contributed by atoms with E-state index in [1.807, 2.05) is 0 Å². The van der Waals surface area contributed by atoms with Crippen molar-refractivity contribution >= 4 is 0 Å². The van der Waals surface area contributed by atoms with Crippen LogP contribution in [0, 0.1) is 11.8 Å². The predicted octanol–water partition coefficient (Wildman–Crippen LogP) is 2.99. The van der Waals surface area contributed by atoms with Crippen molar-refractivity contribution in [3.8, 4) is 0 Å². The molecule has 0 aromatic carbocycles. The van der Waals surface area contributed by atoms with Crippen molar-refractivity contribution in [3.05, 3.63) is 0 Å². The van der Waals surface area contributed by atoms with Crippen molar-refractivity contribution in [2.45, 2.75) is 65.1 Å². The molecule has 1 aliphatic carbocycles. The Labute approximate surface area is 94.0 Å². The van der Waals surface area contributed by atoms with E-state index in [1.54, 1.807) is 0 Å². The van der Waals surface area contributed by atoms with Crippen LogP contribution in [0.5, 0.6) is 0 Å². The first-order valence-corrected chi connectivity index (χ1v) is 6.43. The minimum atomic E-state index is -0.283. The van der Waals surface area contributed by atoms with Crippen LogP contribution in [0.3, 0.4) is 0 Å². The maximum atomic E-state index is 9.78. The van der Waals surface area contributed by atoms with Gasteiger partial charge in [0, 0.05) is 0 Å². The molecule has 0 heterocycles. The average Bonchev–Trinajstić information content (AvgIpc) is 2.26. The van der Waals surface area contributed by atoms with Gasteiger partial charge in [-0.2, -0.15) is 0 Å². The first kappa shape index (κ1) is 13.0. The van der Waals surface area contributed by atoms with Crippen LogP contribution in [0.15, 0.2) is 0 Å². The average molecular weight is 214 g/mol. The lowest BCUT2D eigenvalue weighted by atomic mass is 9.89. The molecule has 1 saturated carbocycles. The molecule has 0 spiro atoms. The number of rotatable bonds is 5. The molecule has 2 nitrogen and oxygen atoms in total. The predicted molar refractivity (Wildman–Crippen MR) is 62.8 cm³/mol. The Hall–Kier alpha value is -0.0800. The number of aliphatic hydroxyl groups excluding tert-OH is 1. The zero-order chi connectivity index (χ0) is 11.3. The molecule has 0 aliphatic heterocycles. The van der Waals surface area contributed by atoms with Crippen LogP contribution >= 0.6 is 0 Å². The fourth-order valence-electron chi connectivity index (χ4n) is 2.07. The van der Waals surface area contributed by atoms with Gasteiger partial charge in [0.1, 0.15) is 0 Å². The maximum absolute atomic E-state index is 9.78. The molecule has 90 valence electrons. The molecule has 0 aromatic heterocycles. The van der Waals surface area contributed by atoms with Crippen molar-refractivity contribution in [1.82, 2.24) is 0 Å². The summed E-state index contributed by atoms with van der Waals surface area (Å²) in [4.78, 5) is 0. The highest BCUT2D eigenvalue weighted by Gasteiger charge is 2.20. The molecular weight excluding hydrogens is 188 g/mol. The standard InChI is InChI=1S/C13H26O2/c1-4-11(3)13(14)9-15-12-7-5-10(2)6-8-12/h10-14H,4-9H2,1-3H3. The first-order chi connectivity index (χ1) is 7.13. The highest BCUT2D eigenvalue weighted by Crippen LogP contribution is 2.25. The monoisotopic (exact) mass is 214 g/mol. The Kier molecular flexibility index (Phi) is 5.62. The van der Waals surface area contributed by atoms with Gasteiger partial charge in [0.2, 0.25) is 0 Å². The normalized spacial score (nSPS) is 31.2. The van der Waals surface area contributed by atoms with Crippen molar-refractivity contribution in [3.63, 3.8) is 0 Å².